The summed E-state index contributed by atoms with van der Waals surface area (Å²) in [5, 5.41) is 11.6. The van der Waals surface area contributed by atoms with Crippen molar-refractivity contribution in [2.24, 2.45) is 0 Å². The quantitative estimate of drug-likeness (QED) is 0.307. The monoisotopic (exact) mass is 475 g/mol. The van der Waals surface area contributed by atoms with Crippen LogP contribution in [-0.2, 0) is 15.0 Å². The van der Waals surface area contributed by atoms with E-state index in [0.717, 1.165) is 54.5 Å². The van der Waals surface area contributed by atoms with Crippen LogP contribution in [0.25, 0.3) is 5.76 Å². The van der Waals surface area contributed by atoms with Crippen molar-refractivity contribution in [2.45, 2.75) is 84.2 Å². The van der Waals surface area contributed by atoms with Crippen molar-refractivity contribution >= 4 is 17.4 Å². The molecule has 5 nitrogen and oxygen atoms in total. The molecule has 0 radical (unpaired) electrons. The number of rotatable bonds is 5. The van der Waals surface area contributed by atoms with Gasteiger partial charge in [0.25, 0.3) is 11.7 Å². The molecule has 1 N–H and O–H groups in total. The van der Waals surface area contributed by atoms with Crippen molar-refractivity contribution in [3.8, 4) is 5.75 Å². The van der Waals surface area contributed by atoms with Gasteiger partial charge < -0.3 is 14.7 Å². The van der Waals surface area contributed by atoms with Crippen molar-refractivity contribution in [3.63, 3.8) is 0 Å². The second-order valence-electron chi connectivity index (χ2n) is 10.8. The summed E-state index contributed by atoms with van der Waals surface area (Å²) in [4.78, 5) is 28.6. The van der Waals surface area contributed by atoms with E-state index >= 15 is 0 Å². The van der Waals surface area contributed by atoms with Gasteiger partial charge in [-0.15, -0.1) is 0 Å². The molecule has 0 bridgehead atoms. The van der Waals surface area contributed by atoms with Crippen LogP contribution in [0.15, 0.2) is 48.0 Å². The topological polar surface area (TPSA) is 66.8 Å². The molecule has 2 aliphatic rings. The van der Waals surface area contributed by atoms with E-state index in [0.29, 0.717) is 12.2 Å². The number of carbonyl (C=O) groups excluding carboxylic acids is 2. The Morgan fingerprint density at radius 1 is 1.03 bits per heavy atom. The van der Waals surface area contributed by atoms with Crippen molar-refractivity contribution < 1.29 is 19.4 Å². The molecule has 2 aromatic carbocycles. The summed E-state index contributed by atoms with van der Waals surface area (Å²) in [6.45, 7) is 10.8. The summed E-state index contributed by atoms with van der Waals surface area (Å²) in [5.74, 6) is -0.474. The van der Waals surface area contributed by atoms with E-state index in [4.69, 9.17) is 4.74 Å². The standard InChI is InChI=1S/C30H37NO4/c1-6-35-23-16-13-20(14-17-23)26-25(28(33)29(34)31(26)22-10-8-7-9-11-22)27(32)24-18-21(30(3,4)5)15-12-19(24)2/h12-18,22,26,32H,6-11H2,1-5H3/b27-25+. The fourth-order valence-electron chi connectivity index (χ4n) is 5.31. The molecule has 0 aromatic heterocycles. The van der Waals surface area contributed by atoms with Gasteiger partial charge in [-0.25, -0.2) is 0 Å². The number of carbonyl (C=O) groups is 2. The van der Waals surface area contributed by atoms with Gasteiger partial charge in [0.15, 0.2) is 0 Å². The van der Waals surface area contributed by atoms with Gasteiger partial charge in [0.2, 0.25) is 0 Å². The fraction of sp³-hybridized carbons (Fsp3) is 0.467. The van der Waals surface area contributed by atoms with Crippen LogP contribution in [0.1, 0.15) is 88.1 Å². The number of benzene rings is 2. The molecule has 1 amide bonds. The first-order chi connectivity index (χ1) is 16.6. The molecule has 1 saturated carbocycles. The maximum absolute atomic E-state index is 13.5. The highest BCUT2D eigenvalue weighted by atomic mass is 16.5. The van der Waals surface area contributed by atoms with Crippen LogP contribution in [-0.4, -0.2) is 34.3 Å². The number of aryl methyl sites for hydroxylation is 1. The van der Waals surface area contributed by atoms with E-state index in [2.05, 4.69) is 26.8 Å². The summed E-state index contributed by atoms with van der Waals surface area (Å²) in [6.07, 6.45) is 4.97. The number of ether oxygens (including phenoxy) is 1. The average molecular weight is 476 g/mol. The largest absolute Gasteiger partial charge is 0.507 e. The Morgan fingerprint density at radius 3 is 2.29 bits per heavy atom. The second kappa shape index (κ2) is 9.88. The van der Waals surface area contributed by atoms with Crippen LogP contribution in [0.2, 0.25) is 0 Å². The third-order valence-corrected chi connectivity index (χ3v) is 7.31. The summed E-state index contributed by atoms with van der Waals surface area (Å²) in [6, 6.07) is 12.9. The first-order valence-electron chi connectivity index (χ1n) is 12.8. The average Bonchev–Trinajstić information content (AvgIpc) is 3.10. The predicted molar refractivity (Wildman–Crippen MR) is 139 cm³/mol. The lowest BCUT2D eigenvalue weighted by atomic mass is 9.84. The zero-order chi connectivity index (χ0) is 25.3. The molecule has 4 rings (SSSR count). The Hall–Kier alpha value is -3.08. The maximum Gasteiger partial charge on any atom is 0.295 e. The predicted octanol–water partition coefficient (Wildman–Crippen LogP) is 6.45. The molecule has 1 aliphatic heterocycles. The molecule has 2 aromatic rings. The molecule has 1 atom stereocenters. The van der Waals surface area contributed by atoms with Crippen molar-refractivity contribution in [1.29, 1.82) is 0 Å². The van der Waals surface area contributed by atoms with Gasteiger partial charge in [-0.3, -0.25) is 9.59 Å². The molecule has 186 valence electrons. The van der Waals surface area contributed by atoms with E-state index in [1.165, 1.54) is 0 Å². The summed E-state index contributed by atoms with van der Waals surface area (Å²) in [7, 11) is 0. The van der Waals surface area contributed by atoms with Gasteiger partial charge in [0.05, 0.1) is 18.2 Å². The van der Waals surface area contributed by atoms with Gasteiger partial charge >= 0.3 is 0 Å². The van der Waals surface area contributed by atoms with E-state index in [-0.39, 0.29) is 22.8 Å². The molecule has 1 saturated heterocycles. The number of amides is 1. The molecule has 0 spiro atoms. The third kappa shape index (κ3) is 4.86. The first-order valence-corrected chi connectivity index (χ1v) is 12.8. The summed E-state index contributed by atoms with van der Waals surface area (Å²) < 4.78 is 5.60. The van der Waals surface area contributed by atoms with Crippen molar-refractivity contribution in [1.82, 2.24) is 4.90 Å². The molecule has 1 aliphatic carbocycles. The number of aliphatic hydroxyl groups excluding tert-OH is 1. The molecular formula is C30H37NO4. The number of aliphatic hydroxyl groups is 1. The zero-order valence-corrected chi connectivity index (χ0v) is 21.6. The maximum atomic E-state index is 13.5. The van der Waals surface area contributed by atoms with Crippen LogP contribution in [0.5, 0.6) is 5.75 Å². The normalized spacial score (nSPS) is 20.9. The highest BCUT2D eigenvalue weighted by molar-refractivity contribution is 6.46. The van der Waals surface area contributed by atoms with E-state index in [1.807, 2.05) is 50.2 Å². The van der Waals surface area contributed by atoms with Crippen LogP contribution in [0, 0.1) is 6.92 Å². The number of nitrogens with zero attached hydrogens (tertiary/aromatic N) is 1. The van der Waals surface area contributed by atoms with Crippen LogP contribution < -0.4 is 4.74 Å². The lowest BCUT2D eigenvalue weighted by Gasteiger charge is -2.35. The molecular weight excluding hydrogens is 438 g/mol. The molecule has 1 heterocycles. The smallest absolute Gasteiger partial charge is 0.295 e. The Kier molecular flexibility index (Phi) is 7.07. The van der Waals surface area contributed by atoms with E-state index < -0.39 is 17.7 Å². The number of Topliss-reactive ketones (excluding diaryl/α,β-unsaturated/α-hetero) is 1. The molecule has 2 fully saturated rings. The minimum absolute atomic E-state index is 0.0101. The number of hydrogen-bond donors (Lipinski definition) is 1. The molecule has 1 unspecified atom stereocenters. The van der Waals surface area contributed by atoms with Crippen LogP contribution >= 0.6 is 0 Å². The van der Waals surface area contributed by atoms with Gasteiger partial charge in [0, 0.05) is 11.6 Å². The Labute approximate surface area is 208 Å². The zero-order valence-electron chi connectivity index (χ0n) is 21.6. The highest BCUT2D eigenvalue weighted by Gasteiger charge is 2.49. The van der Waals surface area contributed by atoms with Gasteiger partial charge in [-0.05, 0) is 67.0 Å². The Balaban J connectivity index is 1.88. The van der Waals surface area contributed by atoms with Crippen molar-refractivity contribution in [3.05, 3.63) is 70.3 Å². The molecule has 35 heavy (non-hydrogen) atoms. The molecule has 5 heteroatoms. The minimum Gasteiger partial charge on any atom is -0.507 e. The number of hydrogen-bond acceptors (Lipinski definition) is 4. The fourth-order valence-corrected chi connectivity index (χ4v) is 5.31. The lowest BCUT2D eigenvalue weighted by Crippen LogP contribution is -2.40. The number of likely N-dealkylation sites (tertiary alicyclic amines) is 1. The highest BCUT2D eigenvalue weighted by Crippen LogP contribution is 2.44. The lowest BCUT2D eigenvalue weighted by molar-refractivity contribution is -0.141. The first kappa shape index (κ1) is 25.0. The van der Waals surface area contributed by atoms with Crippen molar-refractivity contribution in [2.75, 3.05) is 6.61 Å². The SMILES string of the molecule is CCOc1ccc(C2/C(=C(\O)c3cc(C(C)(C)C)ccc3C)C(=O)C(=O)N2C2CCCCC2)cc1. The van der Waals surface area contributed by atoms with E-state index in [9.17, 15) is 14.7 Å². The summed E-state index contributed by atoms with van der Waals surface area (Å²) in [5.41, 5.74) is 3.40. The van der Waals surface area contributed by atoms with Gasteiger partial charge in [-0.1, -0.05) is 64.3 Å². The summed E-state index contributed by atoms with van der Waals surface area (Å²) >= 11 is 0. The van der Waals surface area contributed by atoms with Gasteiger partial charge in [0.1, 0.15) is 11.5 Å². The minimum atomic E-state index is -0.619. The van der Waals surface area contributed by atoms with Crippen LogP contribution in [0.3, 0.4) is 0 Å². The van der Waals surface area contributed by atoms with Crippen LogP contribution in [0.4, 0.5) is 0 Å². The Bertz CT molecular complexity index is 1130. The van der Waals surface area contributed by atoms with Gasteiger partial charge in [-0.2, -0.15) is 0 Å². The third-order valence-electron chi connectivity index (χ3n) is 7.31. The Morgan fingerprint density at radius 2 is 1.69 bits per heavy atom. The van der Waals surface area contributed by atoms with E-state index in [1.54, 1.807) is 4.90 Å². The second-order valence-corrected chi connectivity index (χ2v) is 10.8. The number of ketones is 1.